The molecule has 0 bridgehead atoms. The number of rotatable bonds is 4. The average Bonchev–Trinajstić information content (AvgIpc) is 2.17. The lowest BCUT2D eigenvalue weighted by molar-refractivity contribution is 0.314. The summed E-state index contributed by atoms with van der Waals surface area (Å²) in [6.45, 7) is 0.386. The van der Waals surface area contributed by atoms with Crippen molar-refractivity contribution >= 4 is 11.8 Å². The molecule has 0 aliphatic carbocycles. The van der Waals surface area contributed by atoms with Gasteiger partial charge in [0, 0.05) is 12.5 Å². The second kappa shape index (κ2) is 4.89. The molecule has 6 heteroatoms. The van der Waals surface area contributed by atoms with Gasteiger partial charge in [0.15, 0.2) is 0 Å². The Bertz CT molecular complexity index is 346. The fourth-order valence-electron chi connectivity index (χ4n) is 0.805. The van der Waals surface area contributed by atoms with Crippen molar-refractivity contribution in [3.05, 3.63) is 6.07 Å². The number of nitrogens with one attached hydrogen (secondary N) is 1. The molecule has 74 valence electrons. The molecule has 0 amide bonds. The van der Waals surface area contributed by atoms with Gasteiger partial charge in [-0.3, -0.25) is 0 Å². The number of nitrogens with zero attached hydrogens (tertiary/aromatic N) is 2. The Kier molecular flexibility index (Phi) is 3.52. The number of hydrogen-bond donors (Lipinski definition) is 3. The molecule has 14 heavy (non-hydrogen) atoms. The van der Waals surface area contributed by atoms with Crippen LogP contribution >= 0.6 is 0 Å². The number of ether oxygens (including phenoxy) is 1. The number of hydrazine groups is 1. The lowest BCUT2D eigenvalue weighted by atomic mass is 10.5. The van der Waals surface area contributed by atoms with Crippen molar-refractivity contribution in [2.24, 2.45) is 5.84 Å². The monoisotopic (exact) mass is 193 g/mol. The quantitative estimate of drug-likeness (QED) is 0.264. The van der Waals surface area contributed by atoms with Crippen molar-refractivity contribution in [3.8, 4) is 18.2 Å². The fraction of sp³-hybridized carbons (Fsp3) is 0.250. The Morgan fingerprint density at radius 1 is 1.57 bits per heavy atom. The Balaban J connectivity index is 2.67. The van der Waals surface area contributed by atoms with Gasteiger partial charge in [0.05, 0.1) is 0 Å². The highest BCUT2D eigenvalue weighted by Gasteiger charge is 2.01. The molecule has 1 heterocycles. The maximum atomic E-state index is 5.40. The maximum Gasteiger partial charge on any atom is 0.225 e. The summed E-state index contributed by atoms with van der Waals surface area (Å²) in [5.74, 6) is 8.44. The molecule has 5 N–H and O–H groups in total. The summed E-state index contributed by atoms with van der Waals surface area (Å²) < 4.78 is 5.20. The molecule has 0 aliphatic heterocycles. The first-order valence-corrected chi connectivity index (χ1v) is 3.93. The van der Waals surface area contributed by atoms with Crippen LogP contribution in [0.3, 0.4) is 0 Å². The summed E-state index contributed by atoms with van der Waals surface area (Å²) in [6.07, 6.45) is 5.57. The van der Waals surface area contributed by atoms with Crippen LogP contribution in [0.5, 0.6) is 5.88 Å². The third kappa shape index (κ3) is 2.80. The summed E-state index contributed by atoms with van der Waals surface area (Å²) in [5, 5.41) is 0. The van der Waals surface area contributed by atoms with Gasteiger partial charge in [0.25, 0.3) is 0 Å². The van der Waals surface area contributed by atoms with Crippen LogP contribution in [0.1, 0.15) is 6.42 Å². The van der Waals surface area contributed by atoms with Crippen molar-refractivity contribution in [1.29, 1.82) is 0 Å². The smallest absolute Gasteiger partial charge is 0.225 e. The SMILES string of the molecule is C#CCCOc1cc(NN)nc(N)n1. The summed E-state index contributed by atoms with van der Waals surface area (Å²) in [5.41, 5.74) is 7.75. The minimum absolute atomic E-state index is 0.0937. The number of terminal acetylenes is 1. The largest absolute Gasteiger partial charge is 0.476 e. The van der Waals surface area contributed by atoms with Gasteiger partial charge in [0.1, 0.15) is 12.4 Å². The van der Waals surface area contributed by atoms with E-state index in [9.17, 15) is 0 Å². The highest BCUT2D eigenvalue weighted by molar-refractivity contribution is 5.41. The van der Waals surface area contributed by atoms with Crippen LogP contribution in [-0.4, -0.2) is 16.6 Å². The zero-order valence-electron chi connectivity index (χ0n) is 7.53. The number of nitrogens with two attached hydrogens (primary N) is 2. The normalized spacial score (nSPS) is 9.14. The first kappa shape index (κ1) is 10.1. The molecule has 1 aromatic rings. The summed E-state index contributed by atoms with van der Waals surface area (Å²) in [4.78, 5) is 7.62. The second-order valence-corrected chi connectivity index (χ2v) is 2.40. The molecular formula is C8H11N5O. The molecule has 6 nitrogen and oxygen atoms in total. The lowest BCUT2D eigenvalue weighted by Gasteiger charge is -2.05. The van der Waals surface area contributed by atoms with E-state index in [2.05, 4.69) is 21.3 Å². The summed E-state index contributed by atoms with van der Waals surface area (Å²) in [6, 6.07) is 1.53. The summed E-state index contributed by atoms with van der Waals surface area (Å²) >= 11 is 0. The highest BCUT2D eigenvalue weighted by Crippen LogP contribution is 2.13. The van der Waals surface area contributed by atoms with E-state index in [-0.39, 0.29) is 5.95 Å². The van der Waals surface area contributed by atoms with Gasteiger partial charge in [-0.2, -0.15) is 9.97 Å². The van der Waals surface area contributed by atoms with Crippen molar-refractivity contribution in [2.75, 3.05) is 17.8 Å². The molecule has 0 aromatic carbocycles. The van der Waals surface area contributed by atoms with Gasteiger partial charge in [-0.15, -0.1) is 12.3 Å². The fourth-order valence-corrected chi connectivity index (χ4v) is 0.805. The van der Waals surface area contributed by atoms with Crippen molar-refractivity contribution in [3.63, 3.8) is 0 Å². The van der Waals surface area contributed by atoms with E-state index in [1.165, 1.54) is 6.07 Å². The molecule has 0 spiro atoms. The third-order valence-electron chi connectivity index (χ3n) is 1.36. The van der Waals surface area contributed by atoms with E-state index in [4.69, 9.17) is 22.7 Å². The topological polar surface area (TPSA) is 99.1 Å². The van der Waals surface area contributed by atoms with Crippen molar-refractivity contribution < 1.29 is 4.74 Å². The van der Waals surface area contributed by atoms with E-state index < -0.39 is 0 Å². The van der Waals surface area contributed by atoms with Gasteiger partial charge in [-0.25, -0.2) is 5.84 Å². The molecule has 1 rings (SSSR count). The Morgan fingerprint density at radius 3 is 3.00 bits per heavy atom. The van der Waals surface area contributed by atoms with Gasteiger partial charge < -0.3 is 15.9 Å². The number of hydrogen-bond acceptors (Lipinski definition) is 6. The molecule has 0 saturated carbocycles. The number of nitrogen functional groups attached to an aromatic ring is 2. The molecule has 0 radical (unpaired) electrons. The molecule has 0 aliphatic rings. The van der Waals surface area contributed by atoms with E-state index in [1.807, 2.05) is 0 Å². The van der Waals surface area contributed by atoms with Crippen LogP contribution < -0.4 is 21.7 Å². The van der Waals surface area contributed by atoms with Crippen molar-refractivity contribution in [2.45, 2.75) is 6.42 Å². The molecule has 1 aromatic heterocycles. The maximum absolute atomic E-state index is 5.40. The van der Waals surface area contributed by atoms with Crippen LogP contribution in [0.25, 0.3) is 0 Å². The molecule has 0 saturated heterocycles. The summed E-state index contributed by atoms with van der Waals surface area (Å²) in [7, 11) is 0. The predicted octanol–water partition coefficient (Wildman–Crippen LogP) is -0.254. The van der Waals surface area contributed by atoms with Crippen LogP contribution in [0, 0.1) is 12.3 Å². The second-order valence-electron chi connectivity index (χ2n) is 2.40. The van der Waals surface area contributed by atoms with E-state index >= 15 is 0 Å². The van der Waals surface area contributed by atoms with E-state index in [0.29, 0.717) is 24.7 Å². The number of anilines is 2. The van der Waals surface area contributed by atoms with Gasteiger partial charge >= 0.3 is 0 Å². The number of aromatic nitrogens is 2. The van der Waals surface area contributed by atoms with Crippen molar-refractivity contribution in [1.82, 2.24) is 9.97 Å². The van der Waals surface area contributed by atoms with Crippen LogP contribution in [-0.2, 0) is 0 Å². The first-order chi connectivity index (χ1) is 6.76. The lowest BCUT2D eigenvalue weighted by Crippen LogP contribution is -2.11. The Hall–Kier alpha value is -2.00. The third-order valence-corrected chi connectivity index (χ3v) is 1.36. The minimum atomic E-state index is 0.0937. The predicted molar refractivity (Wildman–Crippen MR) is 53.2 cm³/mol. The minimum Gasteiger partial charge on any atom is -0.476 e. The van der Waals surface area contributed by atoms with Crippen LogP contribution in [0.15, 0.2) is 6.07 Å². The molecule has 0 atom stereocenters. The molecule has 0 unspecified atom stereocenters. The zero-order valence-corrected chi connectivity index (χ0v) is 7.53. The molecule has 0 fully saturated rings. The molecular weight excluding hydrogens is 182 g/mol. The van der Waals surface area contributed by atoms with Gasteiger partial charge in [-0.1, -0.05) is 0 Å². The van der Waals surface area contributed by atoms with E-state index in [0.717, 1.165) is 0 Å². The Labute approximate surface area is 81.6 Å². The standard InChI is InChI=1S/C8H11N5O/c1-2-3-4-14-7-5-6(13-10)11-8(9)12-7/h1,5H,3-4,10H2,(H3,9,11,12,13). The highest BCUT2D eigenvalue weighted by atomic mass is 16.5. The van der Waals surface area contributed by atoms with Gasteiger partial charge in [-0.05, 0) is 0 Å². The first-order valence-electron chi connectivity index (χ1n) is 3.93. The average molecular weight is 193 g/mol. The van der Waals surface area contributed by atoms with Gasteiger partial charge in [0.2, 0.25) is 11.8 Å². The Morgan fingerprint density at radius 2 is 2.36 bits per heavy atom. The van der Waals surface area contributed by atoms with E-state index in [1.54, 1.807) is 0 Å². The zero-order chi connectivity index (χ0) is 10.4. The van der Waals surface area contributed by atoms with Crippen LogP contribution in [0.2, 0.25) is 0 Å². The van der Waals surface area contributed by atoms with Crippen LogP contribution in [0.4, 0.5) is 11.8 Å².